The average molecular weight is 295 g/mol. The van der Waals surface area contributed by atoms with Gasteiger partial charge in [-0.15, -0.1) is 0 Å². The Kier molecular flexibility index (Phi) is 3.96. The van der Waals surface area contributed by atoms with Gasteiger partial charge < -0.3 is 15.6 Å². The Labute approximate surface area is 100 Å². The molecule has 0 bridgehead atoms. The van der Waals surface area contributed by atoms with Crippen LogP contribution in [0, 0.1) is 0 Å². The minimum absolute atomic E-state index is 0.132. The molecule has 0 saturated heterocycles. The first kappa shape index (κ1) is 12.3. The molecule has 82 valence electrons. The van der Waals surface area contributed by atoms with Crippen molar-refractivity contribution in [1.82, 2.24) is 0 Å². The molecule has 0 saturated carbocycles. The Morgan fingerprint density at radius 1 is 1.67 bits per heavy atom. The van der Waals surface area contributed by atoms with Crippen molar-refractivity contribution in [2.75, 3.05) is 7.11 Å². The van der Waals surface area contributed by atoms with Crippen molar-refractivity contribution in [2.45, 2.75) is 6.04 Å². The van der Waals surface area contributed by atoms with Gasteiger partial charge in [-0.25, -0.2) is 0 Å². The smallest absolute Gasteiger partial charge is 0.327 e. The summed E-state index contributed by atoms with van der Waals surface area (Å²) in [7, 11) is 1.22. The molecule has 6 heteroatoms. The molecule has 0 unspecified atom stereocenters. The molecular formula is C9H9BrClNO3. The summed E-state index contributed by atoms with van der Waals surface area (Å²) in [5.41, 5.74) is 5.81. The van der Waals surface area contributed by atoms with E-state index in [1.54, 1.807) is 6.07 Å². The molecule has 0 spiro atoms. The molecule has 3 N–H and O–H groups in total. The van der Waals surface area contributed by atoms with Crippen LogP contribution in [0.3, 0.4) is 0 Å². The number of ether oxygens (including phenoxy) is 1. The first-order valence-corrected chi connectivity index (χ1v) is 5.16. The third kappa shape index (κ3) is 2.42. The minimum Gasteiger partial charge on any atom is -0.506 e. The fourth-order valence-electron chi connectivity index (χ4n) is 1.10. The number of halogens is 2. The molecule has 0 aromatic heterocycles. The highest BCUT2D eigenvalue weighted by atomic mass is 79.9. The highest BCUT2D eigenvalue weighted by molar-refractivity contribution is 9.10. The summed E-state index contributed by atoms with van der Waals surface area (Å²) in [5.74, 6) is -0.864. The van der Waals surface area contributed by atoms with Crippen LogP contribution in [0.4, 0.5) is 0 Å². The van der Waals surface area contributed by atoms with E-state index in [0.717, 1.165) is 0 Å². The van der Waals surface area contributed by atoms with Gasteiger partial charge in [-0.05, 0) is 12.1 Å². The molecule has 0 amide bonds. The predicted octanol–water partition coefficient (Wildman–Crippen LogP) is 1.98. The van der Waals surface area contributed by atoms with E-state index in [1.807, 2.05) is 0 Å². The van der Waals surface area contributed by atoms with Crippen LogP contribution in [-0.2, 0) is 9.53 Å². The number of rotatable bonds is 2. The minimum atomic E-state index is -1.07. The van der Waals surface area contributed by atoms with Gasteiger partial charge >= 0.3 is 5.97 Å². The van der Waals surface area contributed by atoms with Crippen LogP contribution in [0.15, 0.2) is 16.6 Å². The number of phenols is 1. The van der Waals surface area contributed by atoms with Crippen molar-refractivity contribution in [1.29, 1.82) is 0 Å². The number of carbonyl (C=O) groups is 1. The third-order valence-electron chi connectivity index (χ3n) is 1.88. The van der Waals surface area contributed by atoms with Crippen LogP contribution in [0.5, 0.6) is 5.75 Å². The van der Waals surface area contributed by atoms with Crippen molar-refractivity contribution in [3.63, 3.8) is 0 Å². The van der Waals surface area contributed by atoms with Gasteiger partial charge in [0.1, 0.15) is 11.8 Å². The molecule has 0 aliphatic carbocycles. The summed E-state index contributed by atoms with van der Waals surface area (Å²) in [6, 6.07) is 2.03. The molecule has 0 aliphatic rings. The van der Waals surface area contributed by atoms with E-state index in [-0.39, 0.29) is 16.3 Å². The van der Waals surface area contributed by atoms with Crippen LogP contribution in [-0.4, -0.2) is 18.2 Å². The molecule has 1 aromatic rings. The number of esters is 1. The molecule has 0 radical (unpaired) electrons. The van der Waals surface area contributed by atoms with Gasteiger partial charge in [-0.3, -0.25) is 4.79 Å². The van der Waals surface area contributed by atoms with Crippen molar-refractivity contribution in [3.05, 3.63) is 27.2 Å². The maximum absolute atomic E-state index is 11.2. The second kappa shape index (κ2) is 4.83. The van der Waals surface area contributed by atoms with Crippen LogP contribution in [0.2, 0.25) is 5.02 Å². The Bertz CT molecular complexity index is 397. The first-order valence-electron chi connectivity index (χ1n) is 3.99. The highest BCUT2D eigenvalue weighted by Crippen LogP contribution is 2.36. The van der Waals surface area contributed by atoms with Gasteiger partial charge in [-0.1, -0.05) is 27.5 Å². The van der Waals surface area contributed by atoms with Gasteiger partial charge in [0.25, 0.3) is 0 Å². The largest absolute Gasteiger partial charge is 0.506 e. The van der Waals surface area contributed by atoms with Gasteiger partial charge in [0, 0.05) is 10.0 Å². The van der Waals surface area contributed by atoms with Crippen LogP contribution in [0.25, 0.3) is 0 Å². The Balaban J connectivity index is 3.24. The Morgan fingerprint density at radius 2 is 2.27 bits per heavy atom. The second-order valence-corrected chi connectivity index (χ2v) is 4.05. The van der Waals surface area contributed by atoms with Gasteiger partial charge in [-0.2, -0.15) is 0 Å². The van der Waals surface area contributed by atoms with E-state index in [9.17, 15) is 9.90 Å². The Morgan fingerprint density at radius 3 is 2.80 bits per heavy atom. The Hall–Kier alpha value is -0.780. The molecule has 1 atom stereocenters. The zero-order valence-corrected chi connectivity index (χ0v) is 10.2. The first-order chi connectivity index (χ1) is 6.99. The molecule has 15 heavy (non-hydrogen) atoms. The fraction of sp³-hybridized carbons (Fsp3) is 0.222. The summed E-state index contributed by atoms with van der Waals surface area (Å²) in [6.07, 6.45) is 0. The molecule has 1 rings (SSSR count). The van der Waals surface area contributed by atoms with E-state index in [1.165, 1.54) is 13.2 Å². The number of phenolic OH excluding ortho intramolecular Hbond substituents is 1. The van der Waals surface area contributed by atoms with Crippen molar-refractivity contribution < 1.29 is 14.6 Å². The van der Waals surface area contributed by atoms with Gasteiger partial charge in [0.2, 0.25) is 0 Å². The summed E-state index contributed by atoms with van der Waals surface area (Å²) in [5, 5.41) is 9.78. The molecule has 1 aromatic carbocycles. The number of carbonyl (C=O) groups excluding carboxylic acids is 1. The van der Waals surface area contributed by atoms with Crippen molar-refractivity contribution in [2.24, 2.45) is 5.73 Å². The molecule has 0 heterocycles. The number of methoxy groups -OCH3 is 1. The van der Waals surface area contributed by atoms with E-state index < -0.39 is 12.0 Å². The molecule has 4 nitrogen and oxygen atoms in total. The van der Waals surface area contributed by atoms with Crippen LogP contribution >= 0.6 is 27.5 Å². The zero-order chi connectivity index (χ0) is 11.6. The second-order valence-electron chi connectivity index (χ2n) is 2.79. The van der Waals surface area contributed by atoms with E-state index in [4.69, 9.17) is 17.3 Å². The third-order valence-corrected chi connectivity index (χ3v) is 2.88. The lowest BCUT2D eigenvalue weighted by atomic mass is 10.1. The lowest BCUT2D eigenvalue weighted by molar-refractivity contribution is -0.142. The lowest BCUT2D eigenvalue weighted by Crippen LogP contribution is -2.23. The standard InChI is InChI=1S/C9H9BrClNO3/c1-15-9(14)7(12)6-4(10)2-3-5(11)8(6)13/h2-3,7,13H,12H2,1H3/t7-/m1/s1. The normalized spacial score (nSPS) is 12.3. The summed E-state index contributed by atoms with van der Waals surface area (Å²) < 4.78 is 4.98. The topological polar surface area (TPSA) is 72.5 Å². The van der Waals surface area contributed by atoms with E-state index in [0.29, 0.717) is 4.47 Å². The SMILES string of the molecule is COC(=O)[C@H](N)c1c(Br)ccc(Cl)c1O. The zero-order valence-electron chi connectivity index (χ0n) is 7.83. The van der Waals surface area contributed by atoms with Crippen LogP contribution < -0.4 is 5.73 Å². The average Bonchev–Trinajstić information content (AvgIpc) is 2.22. The van der Waals surface area contributed by atoms with Crippen LogP contribution in [0.1, 0.15) is 11.6 Å². The van der Waals surface area contributed by atoms with E-state index in [2.05, 4.69) is 20.7 Å². The highest BCUT2D eigenvalue weighted by Gasteiger charge is 2.23. The summed E-state index contributed by atoms with van der Waals surface area (Å²) >= 11 is 8.87. The predicted molar refractivity (Wildman–Crippen MR) is 59.8 cm³/mol. The lowest BCUT2D eigenvalue weighted by Gasteiger charge is -2.13. The number of hydrogen-bond acceptors (Lipinski definition) is 4. The summed E-state index contributed by atoms with van der Waals surface area (Å²) in [6.45, 7) is 0. The quantitative estimate of drug-likeness (QED) is 0.818. The maximum Gasteiger partial charge on any atom is 0.327 e. The van der Waals surface area contributed by atoms with Gasteiger partial charge in [0.15, 0.2) is 0 Å². The maximum atomic E-state index is 11.2. The van der Waals surface area contributed by atoms with Crippen molar-refractivity contribution in [3.8, 4) is 5.75 Å². The van der Waals surface area contributed by atoms with E-state index >= 15 is 0 Å². The number of benzene rings is 1. The summed E-state index contributed by atoms with van der Waals surface area (Å²) in [4.78, 5) is 11.2. The monoisotopic (exact) mass is 293 g/mol. The van der Waals surface area contributed by atoms with Gasteiger partial charge in [0.05, 0.1) is 12.1 Å². The number of hydrogen-bond donors (Lipinski definition) is 2. The number of nitrogens with two attached hydrogens (primary N) is 1. The molecule has 0 aliphatic heterocycles. The molecule has 0 fully saturated rings. The van der Waals surface area contributed by atoms with Crippen molar-refractivity contribution >= 4 is 33.5 Å². The number of aromatic hydroxyl groups is 1. The molecular weight excluding hydrogens is 285 g/mol. The fourth-order valence-corrected chi connectivity index (χ4v) is 1.83.